The van der Waals surface area contributed by atoms with Gasteiger partial charge in [-0.25, -0.2) is 0 Å². The highest BCUT2D eigenvalue weighted by atomic mass is 32.2. The first-order valence-corrected chi connectivity index (χ1v) is 9.60. The molecule has 6 heteroatoms. The third-order valence-electron chi connectivity index (χ3n) is 4.66. The Morgan fingerprint density at radius 2 is 1.92 bits per heavy atom. The zero-order valence-electron chi connectivity index (χ0n) is 14.2. The van der Waals surface area contributed by atoms with E-state index in [9.17, 15) is 4.79 Å². The largest absolute Gasteiger partial charge is 0.454 e. The topological polar surface area (TPSA) is 62.6 Å². The SMILES string of the molecule is N#Cc1ccc(C(=O)N2CCSC(c3ccc4c(c3)OCO4)CC2)cc1. The minimum Gasteiger partial charge on any atom is -0.454 e. The van der Waals surface area contributed by atoms with Crippen LogP contribution in [0.15, 0.2) is 42.5 Å². The Hall–Kier alpha value is -2.65. The molecule has 2 aliphatic rings. The van der Waals surface area contributed by atoms with Crippen LogP contribution in [0.5, 0.6) is 11.5 Å². The molecule has 0 aliphatic carbocycles. The molecule has 0 saturated carbocycles. The van der Waals surface area contributed by atoms with Crippen LogP contribution in [0.4, 0.5) is 0 Å². The number of amides is 1. The average molecular weight is 366 g/mol. The van der Waals surface area contributed by atoms with Crippen LogP contribution in [-0.4, -0.2) is 36.4 Å². The van der Waals surface area contributed by atoms with Crippen molar-refractivity contribution in [3.05, 3.63) is 59.2 Å². The third-order valence-corrected chi connectivity index (χ3v) is 5.99. The van der Waals surface area contributed by atoms with Gasteiger partial charge in [-0.1, -0.05) is 6.07 Å². The molecule has 26 heavy (non-hydrogen) atoms. The van der Waals surface area contributed by atoms with Gasteiger partial charge in [-0.15, -0.1) is 0 Å². The number of benzene rings is 2. The fourth-order valence-electron chi connectivity index (χ4n) is 3.22. The van der Waals surface area contributed by atoms with Crippen LogP contribution in [0, 0.1) is 11.3 Å². The minimum absolute atomic E-state index is 0.0291. The number of hydrogen-bond acceptors (Lipinski definition) is 5. The molecule has 1 saturated heterocycles. The van der Waals surface area contributed by atoms with E-state index in [1.807, 2.05) is 22.7 Å². The molecule has 0 spiro atoms. The number of hydrogen-bond donors (Lipinski definition) is 0. The van der Waals surface area contributed by atoms with E-state index < -0.39 is 0 Å². The van der Waals surface area contributed by atoms with E-state index in [4.69, 9.17) is 14.7 Å². The number of nitrogens with zero attached hydrogens (tertiary/aromatic N) is 2. The summed E-state index contributed by atoms with van der Waals surface area (Å²) in [6.45, 7) is 1.72. The Morgan fingerprint density at radius 3 is 2.73 bits per heavy atom. The Kier molecular flexibility index (Phi) is 4.72. The number of nitriles is 1. The van der Waals surface area contributed by atoms with Crippen LogP contribution >= 0.6 is 11.8 Å². The van der Waals surface area contributed by atoms with Crippen molar-refractivity contribution in [3.63, 3.8) is 0 Å². The van der Waals surface area contributed by atoms with Gasteiger partial charge in [0.2, 0.25) is 6.79 Å². The number of thioether (sulfide) groups is 1. The van der Waals surface area contributed by atoms with E-state index >= 15 is 0 Å². The molecule has 2 aromatic carbocycles. The van der Waals surface area contributed by atoms with Gasteiger partial charge in [-0.2, -0.15) is 17.0 Å². The summed E-state index contributed by atoms with van der Waals surface area (Å²) in [4.78, 5) is 14.7. The fraction of sp³-hybridized carbons (Fsp3) is 0.300. The van der Waals surface area contributed by atoms with Crippen LogP contribution in [0.2, 0.25) is 0 Å². The zero-order chi connectivity index (χ0) is 17.9. The number of rotatable bonds is 2. The second-order valence-corrected chi connectivity index (χ2v) is 7.55. The molecule has 4 rings (SSSR count). The van der Waals surface area contributed by atoms with Crippen LogP contribution in [0.1, 0.15) is 33.2 Å². The van der Waals surface area contributed by atoms with Crippen molar-refractivity contribution in [2.24, 2.45) is 0 Å². The molecule has 5 nitrogen and oxygen atoms in total. The average Bonchev–Trinajstić information content (AvgIpc) is 3.02. The predicted octanol–water partition coefficient (Wildman–Crippen LogP) is 3.61. The predicted molar refractivity (Wildman–Crippen MR) is 99.4 cm³/mol. The molecule has 0 radical (unpaired) electrons. The first kappa shape index (κ1) is 16.8. The van der Waals surface area contributed by atoms with Crippen molar-refractivity contribution in [1.29, 1.82) is 5.26 Å². The highest BCUT2D eigenvalue weighted by Crippen LogP contribution is 2.40. The summed E-state index contributed by atoms with van der Waals surface area (Å²) in [5, 5.41) is 9.22. The molecule has 0 bridgehead atoms. The lowest BCUT2D eigenvalue weighted by Crippen LogP contribution is -2.32. The molecule has 0 aromatic heterocycles. The molecule has 2 aromatic rings. The standard InChI is InChI=1S/C20H18N2O3S/c21-12-14-1-3-15(4-2-14)20(23)22-8-7-19(26-10-9-22)16-5-6-17-18(11-16)25-13-24-17/h1-6,11,19H,7-10,13H2. The van der Waals surface area contributed by atoms with E-state index in [0.29, 0.717) is 22.9 Å². The van der Waals surface area contributed by atoms with Crippen molar-refractivity contribution in [3.8, 4) is 17.6 Å². The number of ether oxygens (including phenoxy) is 2. The van der Waals surface area contributed by atoms with E-state index in [1.165, 1.54) is 5.56 Å². The molecular weight excluding hydrogens is 348 g/mol. The second-order valence-electron chi connectivity index (χ2n) is 6.24. The van der Waals surface area contributed by atoms with Gasteiger partial charge in [-0.05, 0) is 48.4 Å². The van der Waals surface area contributed by atoms with E-state index in [-0.39, 0.29) is 12.7 Å². The summed E-state index contributed by atoms with van der Waals surface area (Å²) >= 11 is 1.87. The molecule has 132 valence electrons. The van der Waals surface area contributed by atoms with Crippen molar-refractivity contribution >= 4 is 17.7 Å². The van der Waals surface area contributed by atoms with Gasteiger partial charge < -0.3 is 14.4 Å². The first-order valence-electron chi connectivity index (χ1n) is 8.55. The van der Waals surface area contributed by atoms with Gasteiger partial charge in [0.1, 0.15) is 0 Å². The molecule has 1 amide bonds. The summed E-state index contributed by atoms with van der Waals surface area (Å²) in [7, 11) is 0. The van der Waals surface area contributed by atoms with Crippen molar-refractivity contribution < 1.29 is 14.3 Å². The van der Waals surface area contributed by atoms with Crippen LogP contribution in [0.25, 0.3) is 0 Å². The Bertz CT molecular complexity index is 860. The normalized spacial score (nSPS) is 18.9. The molecule has 1 fully saturated rings. The summed E-state index contributed by atoms with van der Waals surface area (Å²) in [5.74, 6) is 2.52. The summed E-state index contributed by atoms with van der Waals surface area (Å²) < 4.78 is 10.9. The maximum atomic E-state index is 12.7. The highest BCUT2D eigenvalue weighted by Gasteiger charge is 2.24. The quantitative estimate of drug-likeness (QED) is 0.812. The fourth-order valence-corrected chi connectivity index (χ4v) is 4.44. The first-order chi connectivity index (χ1) is 12.7. The maximum absolute atomic E-state index is 12.7. The molecule has 2 aliphatic heterocycles. The van der Waals surface area contributed by atoms with Gasteiger partial charge in [-0.3, -0.25) is 4.79 Å². The van der Waals surface area contributed by atoms with Gasteiger partial charge in [0, 0.05) is 29.7 Å². The molecule has 2 heterocycles. The van der Waals surface area contributed by atoms with E-state index in [2.05, 4.69) is 18.2 Å². The molecule has 1 unspecified atom stereocenters. The minimum atomic E-state index is 0.0291. The van der Waals surface area contributed by atoms with Crippen LogP contribution in [-0.2, 0) is 0 Å². The number of carbonyl (C=O) groups excluding carboxylic acids is 1. The molecular formula is C20H18N2O3S. The number of fused-ring (bicyclic) bond motifs is 1. The molecule has 0 N–H and O–H groups in total. The summed E-state index contributed by atoms with van der Waals surface area (Å²) in [6.07, 6.45) is 0.895. The Balaban J connectivity index is 1.44. The van der Waals surface area contributed by atoms with Gasteiger partial charge in [0.15, 0.2) is 11.5 Å². The monoisotopic (exact) mass is 366 g/mol. The maximum Gasteiger partial charge on any atom is 0.253 e. The van der Waals surface area contributed by atoms with Crippen LogP contribution < -0.4 is 9.47 Å². The zero-order valence-corrected chi connectivity index (χ0v) is 15.0. The Labute approximate surface area is 156 Å². The van der Waals surface area contributed by atoms with Crippen LogP contribution in [0.3, 0.4) is 0 Å². The lowest BCUT2D eigenvalue weighted by Gasteiger charge is -2.20. The van der Waals surface area contributed by atoms with Gasteiger partial charge >= 0.3 is 0 Å². The highest BCUT2D eigenvalue weighted by molar-refractivity contribution is 7.99. The van der Waals surface area contributed by atoms with Gasteiger partial charge in [0.25, 0.3) is 5.91 Å². The lowest BCUT2D eigenvalue weighted by molar-refractivity contribution is 0.0766. The smallest absolute Gasteiger partial charge is 0.253 e. The summed E-state index contributed by atoms with van der Waals surface area (Å²) in [5.41, 5.74) is 2.42. The van der Waals surface area contributed by atoms with Gasteiger partial charge in [0.05, 0.1) is 11.6 Å². The Morgan fingerprint density at radius 1 is 1.12 bits per heavy atom. The van der Waals surface area contributed by atoms with E-state index in [1.54, 1.807) is 24.3 Å². The van der Waals surface area contributed by atoms with Crippen molar-refractivity contribution in [1.82, 2.24) is 4.90 Å². The van der Waals surface area contributed by atoms with E-state index in [0.717, 1.165) is 30.2 Å². The van der Waals surface area contributed by atoms with Crippen molar-refractivity contribution in [2.75, 3.05) is 25.6 Å². The molecule has 1 atom stereocenters. The lowest BCUT2D eigenvalue weighted by atomic mass is 10.1. The summed E-state index contributed by atoms with van der Waals surface area (Å²) in [6, 6.07) is 15.0. The number of carbonyl (C=O) groups is 1. The second kappa shape index (κ2) is 7.30. The van der Waals surface area contributed by atoms with Crippen molar-refractivity contribution in [2.45, 2.75) is 11.7 Å². The third kappa shape index (κ3) is 3.35.